The lowest BCUT2D eigenvalue weighted by Gasteiger charge is -2.08. The van der Waals surface area contributed by atoms with Crippen LogP contribution in [-0.4, -0.2) is 22.6 Å². The molecular formula is C17H24N2O3S. The third kappa shape index (κ3) is 3.99. The molecule has 0 fully saturated rings. The molecule has 0 spiro atoms. The first-order chi connectivity index (χ1) is 11.0. The first kappa shape index (κ1) is 17.7. The minimum absolute atomic E-state index is 0.362. The second-order valence-corrected chi connectivity index (χ2v) is 6.48. The van der Waals surface area contributed by atoms with Gasteiger partial charge >= 0.3 is 5.97 Å². The third-order valence-corrected chi connectivity index (χ3v) is 4.87. The van der Waals surface area contributed by atoms with Gasteiger partial charge in [-0.1, -0.05) is 25.1 Å². The van der Waals surface area contributed by atoms with Crippen molar-refractivity contribution in [1.29, 1.82) is 0 Å². The molecule has 0 aromatic carbocycles. The summed E-state index contributed by atoms with van der Waals surface area (Å²) in [5, 5.41) is 1.00. The van der Waals surface area contributed by atoms with E-state index in [1.165, 1.54) is 12.8 Å². The molecule has 0 unspecified atom stereocenters. The van der Waals surface area contributed by atoms with Crippen molar-refractivity contribution in [1.82, 2.24) is 9.55 Å². The van der Waals surface area contributed by atoms with E-state index in [4.69, 9.17) is 9.15 Å². The second-order valence-electron chi connectivity index (χ2n) is 5.53. The molecule has 2 rings (SSSR count). The largest absolute Gasteiger partial charge is 0.465 e. The van der Waals surface area contributed by atoms with Gasteiger partial charge in [0.1, 0.15) is 17.1 Å². The molecule has 0 saturated carbocycles. The predicted molar refractivity (Wildman–Crippen MR) is 91.0 cm³/mol. The Morgan fingerprint density at radius 2 is 2.13 bits per heavy atom. The molecule has 0 atom stereocenters. The van der Waals surface area contributed by atoms with Crippen LogP contribution in [0.3, 0.4) is 0 Å². The lowest BCUT2D eigenvalue weighted by Crippen LogP contribution is -2.02. The Kier molecular flexibility index (Phi) is 5.93. The van der Waals surface area contributed by atoms with Crippen LogP contribution in [0.25, 0.3) is 0 Å². The smallest absolute Gasteiger partial charge is 0.341 e. The molecule has 2 aromatic heterocycles. The van der Waals surface area contributed by atoms with Gasteiger partial charge in [-0.3, -0.25) is 0 Å². The van der Waals surface area contributed by atoms with Gasteiger partial charge in [-0.15, -0.1) is 0 Å². The van der Waals surface area contributed by atoms with Gasteiger partial charge in [-0.2, -0.15) is 0 Å². The standard InChI is InChI=1S/C17H24N2O3S/c1-6-7-8-19-12(3)11(2)18-17(19)23-10-14-9-15(13(4)22-14)16(20)21-5/h9H,6-8,10H2,1-5H3. The molecule has 0 aliphatic rings. The molecule has 23 heavy (non-hydrogen) atoms. The average Bonchev–Trinajstić information content (AvgIpc) is 3.03. The van der Waals surface area contributed by atoms with E-state index in [0.717, 1.165) is 36.0 Å². The van der Waals surface area contributed by atoms with E-state index in [2.05, 4.69) is 23.4 Å². The Hall–Kier alpha value is -1.69. The highest BCUT2D eigenvalue weighted by Gasteiger charge is 2.17. The molecule has 0 radical (unpaired) electrons. The van der Waals surface area contributed by atoms with Gasteiger partial charge in [-0.05, 0) is 33.3 Å². The quantitative estimate of drug-likeness (QED) is 0.558. The molecule has 5 nitrogen and oxygen atoms in total. The molecule has 0 N–H and O–H groups in total. The highest BCUT2D eigenvalue weighted by Crippen LogP contribution is 2.27. The average molecular weight is 336 g/mol. The van der Waals surface area contributed by atoms with Crippen LogP contribution >= 0.6 is 11.8 Å². The van der Waals surface area contributed by atoms with Crippen molar-refractivity contribution in [3.05, 3.63) is 34.5 Å². The maximum Gasteiger partial charge on any atom is 0.341 e. The van der Waals surface area contributed by atoms with Crippen LogP contribution in [0.2, 0.25) is 0 Å². The summed E-state index contributed by atoms with van der Waals surface area (Å²) >= 11 is 1.63. The number of methoxy groups -OCH3 is 1. The summed E-state index contributed by atoms with van der Waals surface area (Å²) in [6.45, 7) is 9.08. The summed E-state index contributed by atoms with van der Waals surface area (Å²) < 4.78 is 12.7. The summed E-state index contributed by atoms with van der Waals surface area (Å²) in [5.74, 6) is 1.63. The molecule has 0 aliphatic carbocycles. The SMILES string of the molecule is CCCCn1c(SCc2cc(C(=O)OC)c(C)o2)nc(C)c1C. The summed E-state index contributed by atoms with van der Waals surface area (Å²) in [5.41, 5.74) is 2.77. The fraction of sp³-hybridized carbons (Fsp3) is 0.529. The highest BCUT2D eigenvalue weighted by molar-refractivity contribution is 7.98. The Labute approximate surface area is 141 Å². The van der Waals surface area contributed by atoms with E-state index < -0.39 is 0 Å². The van der Waals surface area contributed by atoms with Crippen LogP contribution in [0.15, 0.2) is 15.6 Å². The normalized spacial score (nSPS) is 11.0. The molecule has 6 heteroatoms. The van der Waals surface area contributed by atoms with Crippen LogP contribution in [0.5, 0.6) is 0 Å². The van der Waals surface area contributed by atoms with Crippen molar-refractivity contribution >= 4 is 17.7 Å². The zero-order valence-corrected chi connectivity index (χ0v) is 15.2. The van der Waals surface area contributed by atoms with Gasteiger partial charge in [0.2, 0.25) is 0 Å². The summed E-state index contributed by atoms with van der Waals surface area (Å²) in [6.07, 6.45) is 2.29. The van der Waals surface area contributed by atoms with Crippen LogP contribution in [0.4, 0.5) is 0 Å². The lowest BCUT2D eigenvalue weighted by atomic mass is 10.2. The van der Waals surface area contributed by atoms with Crippen LogP contribution in [0, 0.1) is 20.8 Å². The number of esters is 1. The molecule has 0 aliphatic heterocycles. The number of carbonyl (C=O) groups is 1. The molecule has 2 aromatic rings. The fourth-order valence-corrected chi connectivity index (χ4v) is 3.38. The predicted octanol–water partition coefficient (Wildman–Crippen LogP) is 4.28. The van der Waals surface area contributed by atoms with Crippen molar-refractivity contribution in [3.63, 3.8) is 0 Å². The highest BCUT2D eigenvalue weighted by atomic mass is 32.2. The Morgan fingerprint density at radius 3 is 2.78 bits per heavy atom. The van der Waals surface area contributed by atoms with Crippen molar-refractivity contribution in [2.75, 3.05) is 7.11 Å². The Bertz CT molecular complexity index is 688. The number of carbonyl (C=O) groups excluding carboxylic acids is 1. The van der Waals surface area contributed by atoms with Crippen molar-refractivity contribution in [2.24, 2.45) is 0 Å². The van der Waals surface area contributed by atoms with Gasteiger partial charge < -0.3 is 13.7 Å². The molecular weight excluding hydrogens is 312 g/mol. The van der Waals surface area contributed by atoms with Crippen LogP contribution in [-0.2, 0) is 17.0 Å². The Balaban J connectivity index is 2.12. The van der Waals surface area contributed by atoms with Crippen molar-refractivity contribution in [3.8, 4) is 0 Å². The topological polar surface area (TPSA) is 57.3 Å². The van der Waals surface area contributed by atoms with Crippen LogP contribution < -0.4 is 0 Å². The number of aryl methyl sites for hydroxylation is 2. The van der Waals surface area contributed by atoms with Crippen molar-refractivity contribution < 1.29 is 13.9 Å². The zero-order valence-electron chi connectivity index (χ0n) is 14.4. The minimum Gasteiger partial charge on any atom is -0.465 e. The molecule has 2 heterocycles. The number of imidazole rings is 1. The molecule has 0 bridgehead atoms. The van der Waals surface area contributed by atoms with E-state index in [0.29, 0.717) is 17.1 Å². The van der Waals surface area contributed by atoms with Crippen molar-refractivity contribution in [2.45, 2.75) is 58.0 Å². The number of rotatable bonds is 7. The van der Waals surface area contributed by atoms with Gasteiger partial charge in [0.15, 0.2) is 5.16 Å². The number of nitrogens with zero attached hydrogens (tertiary/aromatic N) is 2. The van der Waals surface area contributed by atoms with E-state index in [9.17, 15) is 4.79 Å². The van der Waals surface area contributed by atoms with Gasteiger partial charge in [0.25, 0.3) is 0 Å². The first-order valence-corrected chi connectivity index (χ1v) is 8.80. The number of furan rings is 1. The maximum atomic E-state index is 11.6. The summed E-state index contributed by atoms with van der Waals surface area (Å²) in [6, 6.07) is 1.76. The maximum absolute atomic E-state index is 11.6. The zero-order chi connectivity index (χ0) is 17.0. The minimum atomic E-state index is -0.362. The summed E-state index contributed by atoms with van der Waals surface area (Å²) in [4.78, 5) is 16.3. The lowest BCUT2D eigenvalue weighted by molar-refractivity contribution is 0.0599. The Morgan fingerprint density at radius 1 is 1.39 bits per heavy atom. The van der Waals surface area contributed by atoms with E-state index in [-0.39, 0.29) is 5.97 Å². The first-order valence-electron chi connectivity index (χ1n) is 7.82. The van der Waals surface area contributed by atoms with E-state index in [1.807, 2.05) is 6.92 Å². The van der Waals surface area contributed by atoms with E-state index >= 15 is 0 Å². The fourth-order valence-electron chi connectivity index (χ4n) is 2.38. The molecule has 126 valence electrons. The number of hydrogen-bond acceptors (Lipinski definition) is 5. The van der Waals surface area contributed by atoms with Gasteiger partial charge in [-0.25, -0.2) is 9.78 Å². The third-order valence-electron chi connectivity index (χ3n) is 3.88. The second kappa shape index (κ2) is 7.73. The molecule has 0 amide bonds. The number of hydrogen-bond donors (Lipinski definition) is 0. The summed E-state index contributed by atoms with van der Waals surface area (Å²) in [7, 11) is 1.37. The van der Waals surface area contributed by atoms with E-state index in [1.54, 1.807) is 24.8 Å². The number of unbranched alkanes of at least 4 members (excludes halogenated alkanes) is 1. The number of thioether (sulfide) groups is 1. The van der Waals surface area contributed by atoms with Gasteiger partial charge in [0, 0.05) is 12.2 Å². The van der Waals surface area contributed by atoms with Crippen LogP contribution in [0.1, 0.15) is 53.0 Å². The number of aromatic nitrogens is 2. The monoisotopic (exact) mass is 336 g/mol. The molecule has 0 saturated heterocycles. The number of ether oxygens (including phenoxy) is 1. The van der Waals surface area contributed by atoms with Gasteiger partial charge in [0.05, 0.1) is 18.6 Å².